The van der Waals surface area contributed by atoms with Crippen LogP contribution in [0.4, 0.5) is 5.69 Å². The molecule has 0 unspecified atom stereocenters. The summed E-state index contributed by atoms with van der Waals surface area (Å²) in [5, 5.41) is 2.70. The fraction of sp³-hybridized carbons (Fsp3) is 0.429. The highest BCUT2D eigenvalue weighted by Gasteiger charge is 2.12. The van der Waals surface area contributed by atoms with Crippen LogP contribution in [0, 0.1) is 13.8 Å². The fourth-order valence-corrected chi connectivity index (χ4v) is 1.68. The van der Waals surface area contributed by atoms with Gasteiger partial charge in [-0.05, 0) is 44.0 Å². The number of hydrogen-bond acceptors (Lipinski definition) is 4. The van der Waals surface area contributed by atoms with Crippen LogP contribution < -0.4 is 10.1 Å². The van der Waals surface area contributed by atoms with Gasteiger partial charge in [0.25, 0.3) is 0 Å². The fourth-order valence-electron chi connectivity index (χ4n) is 1.68. The van der Waals surface area contributed by atoms with Crippen molar-refractivity contribution in [3.8, 4) is 5.75 Å². The molecule has 0 heterocycles. The lowest BCUT2D eigenvalue weighted by molar-refractivity contribution is -0.145. The summed E-state index contributed by atoms with van der Waals surface area (Å²) in [6.07, 6.45) is -0.279. The molecule has 1 rings (SSSR count). The topological polar surface area (TPSA) is 64.6 Å². The van der Waals surface area contributed by atoms with Gasteiger partial charge in [0.2, 0.25) is 5.91 Å². The van der Waals surface area contributed by atoms with Gasteiger partial charge < -0.3 is 14.8 Å². The molecule has 0 saturated carbocycles. The van der Waals surface area contributed by atoms with Crippen molar-refractivity contribution in [1.29, 1.82) is 0 Å². The number of rotatable bonds is 5. The van der Waals surface area contributed by atoms with E-state index in [0.717, 1.165) is 16.9 Å². The van der Waals surface area contributed by atoms with Crippen molar-refractivity contribution < 1.29 is 19.1 Å². The number of anilines is 1. The molecule has 19 heavy (non-hydrogen) atoms. The predicted molar refractivity (Wildman–Crippen MR) is 72.3 cm³/mol. The lowest BCUT2D eigenvalue weighted by Crippen LogP contribution is -2.18. The van der Waals surface area contributed by atoms with Gasteiger partial charge in [0.15, 0.2) is 0 Å². The van der Waals surface area contributed by atoms with Gasteiger partial charge >= 0.3 is 5.97 Å². The van der Waals surface area contributed by atoms with Crippen LogP contribution in [0.15, 0.2) is 12.1 Å². The minimum Gasteiger partial charge on any atom is -0.496 e. The summed E-state index contributed by atoms with van der Waals surface area (Å²) < 4.78 is 9.92. The van der Waals surface area contributed by atoms with Crippen molar-refractivity contribution in [2.75, 3.05) is 19.0 Å². The molecule has 1 amide bonds. The molecule has 0 bridgehead atoms. The number of esters is 1. The summed E-state index contributed by atoms with van der Waals surface area (Å²) in [6.45, 7) is 5.72. The number of amides is 1. The first-order chi connectivity index (χ1) is 8.97. The van der Waals surface area contributed by atoms with Crippen molar-refractivity contribution in [1.82, 2.24) is 0 Å². The van der Waals surface area contributed by atoms with Gasteiger partial charge in [-0.1, -0.05) is 0 Å². The van der Waals surface area contributed by atoms with Crippen LogP contribution in [-0.2, 0) is 14.3 Å². The van der Waals surface area contributed by atoms with E-state index in [2.05, 4.69) is 5.32 Å². The zero-order valence-corrected chi connectivity index (χ0v) is 11.7. The number of hydrogen-bond donors (Lipinski definition) is 1. The molecule has 0 atom stereocenters. The SMILES string of the molecule is CCOC(=O)CC(=O)Nc1cc(C)c(OC)cc1C. The van der Waals surface area contributed by atoms with Gasteiger partial charge in [0.05, 0.1) is 13.7 Å². The summed E-state index contributed by atoms with van der Waals surface area (Å²) in [5.74, 6) is -0.144. The molecule has 1 aromatic rings. The predicted octanol–water partition coefficient (Wildman–Crippen LogP) is 2.20. The van der Waals surface area contributed by atoms with E-state index in [0.29, 0.717) is 5.69 Å². The number of carbonyl (C=O) groups is 2. The molecule has 5 nitrogen and oxygen atoms in total. The lowest BCUT2D eigenvalue weighted by atomic mass is 10.1. The Bertz CT molecular complexity index is 483. The molecular formula is C14H19NO4. The van der Waals surface area contributed by atoms with Gasteiger partial charge in [-0.25, -0.2) is 0 Å². The minimum atomic E-state index is -0.525. The Morgan fingerprint density at radius 2 is 1.89 bits per heavy atom. The highest BCUT2D eigenvalue weighted by atomic mass is 16.5. The van der Waals surface area contributed by atoms with E-state index in [-0.39, 0.29) is 18.9 Å². The van der Waals surface area contributed by atoms with Gasteiger partial charge in [0.1, 0.15) is 12.2 Å². The Hall–Kier alpha value is -2.04. The second kappa shape index (κ2) is 6.78. The highest BCUT2D eigenvalue weighted by molar-refractivity contribution is 6.02. The van der Waals surface area contributed by atoms with Crippen LogP contribution >= 0.6 is 0 Å². The minimum absolute atomic E-state index is 0.271. The monoisotopic (exact) mass is 265 g/mol. The average Bonchev–Trinajstić information content (AvgIpc) is 2.33. The molecule has 0 fully saturated rings. The van der Waals surface area contributed by atoms with Crippen molar-refractivity contribution in [2.24, 2.45) is 0 Å². The molecule has 0 aliphatic rings. The summed E-state index contributed by atoms with van der Waals surface area (Å²) >= 11 is 0. The normalized spacial score (nSPS) is 9.89. The number of carbonyl (C=O) groups excluding carboxylic acids is 2. The number of ether oxygens (including phenoxy) is 2. The molecule has 1 aromatic carbocycles. The molecule has 104 valence electrons. The first-order valence-electron chi connectivity index (χ1n) is 6.08. The van der Waals surface area contributed by atoms with Gasteiger partial charge in [-0.15, -0.1) is 0 Å². The van der Waals surface area contributed by atoms with Gasteiger partial charge in [-0.3, -0.25) is 9.59 Å². The smallest absolute Gasteiger partial charge is 0.315 e. The van der Waals surface area contributed by atoms with Crippen molar-refractivity contribution >= 4 is 17.6 Å². The third-order valence-electron chi connectivity index (χ3n) is 2.63. The van der Waals surface area contributed by atoms with Crippen molar-refractivity contribution in [3.05, 3.63) is 23.3 Å². The Balaban J connectivity index is 2.74. The number of nitrogens with one attached hydrogen (secondary N) is 1. The van der Waals surface area contributed by atoms with Crippen LogP contribution in [-0.4, -0.2) is 25.6 Å². The highest BCUT2D eigenvalue weighted by Crippen LogP contribution is 2.25. The van der Waals surface area contributed by atoms with E-state index in [4.69, 9.17) is 9.47 Å². The van der Waals surface area contributed by atoms with Crippen LogP contribution in [0.5, 0.6) is 5.75 Å². The Kier molecular flexibility index (Phi) is 5.36. The quantitative estimate of drug-likeness (QED) is 0.655. The third kappa shape index (κ3) is 4.28. The third-order valence-corrected chi connectivity index (χ3v) is 2.63. The molecule has 5 heteroatoms. The maximum Gasteiger partial charge on any atom is 0.315 e. The average molecular weight is 265 g/mol. The Labute approximate surface area is 112 Å². The molecule has 0 spiro atoms. The molecule has 0 aromatic heterocycles. The summed E-state index contributed by atoms with van der Waals surface area (Å²) in [4.78, 5) is 22.9. The van der Waals surface area contributed by atoms with Crippen molar-refractivity contribution in [3.63, 3.8) is 0 Å². The Morgan fingerprint density at radius 3 is 2.47 bits per heavy atom. The Morgan fingerprint density at radius 1 is 1.21 bits per heavy atom. The number of benzene rings is 1. The van der Waals surface area contributed by atoms with Crippen LogP contribution in [0.2, 0.25) is 0 Å². The molecule has 0 aliphatic heterocycles. The maximum absolute atomic E-state index is 11.7. The summed E-state index contributed by atoms with van der Waals surface area (Å²) in [7, 11) is 1.60. The lowest BCUT2D eigenvalue weighted by Gasteiger charge is -2.12. The first kappa shape index (κ1) is 15.0. The number of methoxy groups -OCH3 is 1. The zero-order chi connectivity index (χ0) is 14.4. The van der Waals surface area contributed by atoms with Crippen LogP contribution in [0.25, 0.3) is 0 Å². The second-order valence-electron chi connectivity index (χ2n) is 4.17. The second-order valence-corrected chi connectivity index (χ2v) is 4.17. The molecule has 0 saturated heterocycles. The van der Waals surface area contributed by atoms with Gasteiger partial charge in [0, 0.05) is 5.69 Å². The largest absolute Gasteiger partial charge is 0.496 e. The van der Waals surface area contributed by atoms with Gasteiger partial charge in [-0.2, -0.15) is 0 Å². The van der Waals surface area contributed by atoms with Crippen molar-refractivity contribution in [2.45, 2.75) is 27.2 Å². The summed E-state index contributed by atoms with van der Waals surface area (Å²) in [6, 6.07) is 3.66. The van der Waals surface area contributed by atoms with E-state index in [1.165, 1.54) is 0 Å². The molecule has 0 aliphatic carbocycles. The van der Waals surface area contributed by atoms with Crippen LogP contribution in [0.3, 0.4) is 0 Å². The van der Waals surface area contributed by atoms with E-state index in [1.807, 2.05) is 26.0 Å². The maximum atomic E-state index is 11.7. The van der Waals surface area contributed by atoms with E-state index < -0.39 is 5.97 Å². The zero-order valence-electron chi connectivity index (χ0n) is 11.7. The van der Waals surface area contributed by atoms with E-state index >= 15 is 0 Å². The molecule has 0 radical (unpaired) electrons. The van der Waals surface area contributed by atoms with Crippen LogP contribution in [0.1, 0.15) is 24.5 Å². The van der Waals surface area contributed by atoms with E-state index in [9.17, 15) is 9.59 Å². The van der Waals surface area contributed by atoms with E-state index in [1.54, 1.807) is 14.0 Å². The summed E-state index contributed by atoms with van der Waals surface area (Å²) in [5.41, 5.74) is 2.46. The molecule has 1 N–H and O–H groups in total. The number of aryl methyl sites for hydroxylation is 2. The standard InChI is InChI=1S/C14H19NO4/c1-5-19-14(17)8-13(16)15-11-6-10(3)12(18-4)7-9(11)2/h6-7H,5,8H2,1-4H3,(H,15,16). The first-order valence-corrected chi connectivity index (χ1v) is 6.08. The molecular weight excluding hydrogens is 246 g/mol.